The monoisotopic (exact) mass is 250 g/mol. The lowest BCUT2D eigenvalue weighted by molar-refractivity contribution is -0.122. The minimum Gasteiger partial charge on any atom is -0.356 e. The summed E-state index contributed by atoms with van der Waals surface area (Å²) >= 11 is 0. The molecule has 0 bridgehead atoms. The zero-order valence-corrected chi connectivity index (χ0v) is 10.7. The molecule has 5 heteroatoms. The Morgan fingerprint density at radius 1 is 1.56 bits per heavy atom. The summed E-state index contributed by atoms with van der Waals surface area (Å²) in [6.45, 7) is 2.82. The number of aryl methyl sites for hydroxylation is 1. The highest BCUT2D eigenvalue weighted by Gasteiger charge is 2.16. The van der Waals surface area contributed by atoms with Gasteiger partial charge in [-0.2, -0.15) is 0 Å². The van der Waals surface area contributed by atoms with Crippen LogP contribution in [0.25, 0.3) is 0 Å². The molecule has 0 spiro atoms. The van der Waals surface area contributed by atoms with Crippen molar-refractivity contribution >= 4 is 5.91 Å². The normalized spacial score (nSPS) is 19.7. The van der Waals surface area contributed by atoms with Crippen LogP contribution in [-0.2, 0) is 11.2 Å². The number of aromatic amines is 1. The first kappa shape index (κ1) is 13.1. The highest BCUT2D eigenvalue weighted by atomic mass is 16.1. The number of amides is 1. The number of piperidine rings is 1. The van der Waals surface area contributed by atoms with Crippen molar-refractivity contribution in [3.63, 3.8) is 0 Å². The van der Waals surface area contributed by atoms with Gasteiger partial charge in [-0.15, -0.1) is 0 Å². The van der Waals surface area contributed by atoms with Gasteiger partial charge in [0, 0.05) is 31.8 Å². The molecule has 2 rings (SSSR count). The van der Waals surface area contributed by atoms with E-state index in [-0.39, 0.29) is 5.91 Å². The predicted molar refractivity (Wildman–Crippen MR) is 70.1 cm³/mol. The van der Waals surface area contributed by atoms with Crippen molar-refractivity contribution in [2.75, 3.05) is 19.6 Å². The zero-order valence-electron chi connectivity index (χ0n) is 10.7. The zero-order chi connectivity index (χ0) is 12.6. The van der Waals surface area contributed by atoms with E-state index in [9.17, 15) is 4.79 Å². The summed E-state index contributed by atoms with van der Waals surface area (Å²) in [5.74, 6) is 1.69. The third kappa shape index (κ3) is 4.49. The summed E-state index contributed by atoms with van der Waals surface area (Å²) in [6.07, 6.45) is 8.42. The van der Waals surface area contributed by atoms with Crippen LogP contribution < -0.4 is 10.6 Å². The van der Waals surface area contributed by atoms with Gasteiger partial charge in [0.05, 0.1) is 0 Å². The van der Waals surface area contributed by atoms with Gasteiger partial charge in [0.2, 0.25) is 5.91 Å². The minimum atomic E-state index is 0.183. The fourth-order valence-electron chi connectivity index (χ4n) is 2.35. The van der Waals surface area contributed by atoms with Crippen molar-refractivity contribution in [2.24, 2.45) is 5.92 Å². The lowest BCUT2D eigenvalue weighted by Crippen LogP contribution is -2.34. The van der Waals surface area contributed by atoms with Gasteiger partial charge in [0.15, 0.2) is 0 Å². The van der Waals surface area contributed by atoms with E-state index in [4.69, 9.17) is 0 Å². The van der Waals surface area contributed by atoms with Gasteiger partial charge in [0.25, 0.3) is 0 Å². The second-order valence-electron chi connectivity index (χ2n) is 4.91. The molecule has 0 aromatic carbocycles. The lowest BCUT2D eigenvalue weighted by atomic mass is 9.96. The number of imidazole rings is 1. The van der Waals surface area contributed by atoms with Gasteiger partial charge in [0.1, 0.15) is 5.82 Å². The summed E-state index contributed by atoms with van der Waals surface area (Å²) < 4.78 is 0. The van der Waals surface area contributed by atoms with E-state index in [1.165, 1.54) is 12.8 Å². The van der Waals surface area contributed by atoms with Crippen LogP contribution >= 0.6 is 0 Å². The number of carbonyl (C=O) groups is 1. The van der Waals surface area contributed by atoms with E-state index in [0.717, 1.165) is 38.3 Å². The maximum Gasteiger partial charge on any atom is 0.220 e. The highest BCUT2D eigenvalue weighted by Crippen LogP contribution is 2.13. The smallest absolute Gasteiger partial charge is 0.220 e. The van der Waals surface area contributed by atoms with E-state index < -0.39 is 0 Å². The van der Waals surface area contributed by atoms with Gasteiger partial charge >= 0.3 is 0 Å². The predicted octanol–water partition coefficient (Wildman–Crippen LogP) is 0.848. The summed E-state index contributed by atoms with van der Waals surface area (Å²) in [6, 6.07) is 0. The first-order chi connectivity index (χ1) is 8.84. The Bertz CT molecular complexity index is 344. The molecule has 0 radical (unpaired) electrons. The Labute approximate surface area is 108 Å². The van der Waals surface area contributed by atoms with E-state index in [2.05, 4.69) is 20.6 Å². The Kier molecular flexibility index (Phi) is 5.20. The largest absolute Gasteiger partial charge is 0.356 e. The van der Waals surface area contributed by atoms with Crippen molar-refractivity contribution in [1.82, 2.24) is 20.6 Å². The van der Waals surface area contributed by atoms with E-state index in [1.54, 1.807) is 6.20 Å². The van der Waals surface area contributed by atoms with Crippen LogP contribution in [0.4, 0.5) is 0 Å². The summed E-state index contributed by atoms with van der Waals surface area (Å²) in [5.41, 5.74) is 0. The molecule has 1 aliphatic heterocycles. The molecule has 5 nitrogen and oxygen atoms in total. The molecule has 100 valence electrons. The molecule has 1 aliphatic rings. The minimum absolute atomic E-state index is 0.183. The Morgan fingerprint density at radius 3 is 3.22 bits per heavy atom. The Hall–Kier alpha value is -1.36. The summed E-state index contributed by atoms with van der Waals surface area (Å²) in [7, 11) is 0. The molecule has 3 N–H and O–H groups in total. The van der Waals surface area contributed by atoms with Crippen molar-refractivity contribution < 1.29 is 4.79 Å². The molecule has 1 fully saturated rings. The average Bonchev–Trinajstić information content (AvgIpc) is 2.89. The SMILES string of the molecule is O=C(CC1CCCNC1)NCCCc1ncc[nH]1. The maximum absolute atomic E-state index is 11.7. The van der Waals surface area contributed by atoms with Gasteiger partial charge in [-0.25, -0.2) is 4.98 Å². The van der Waals surface area contributed by atoms with Crippen LogP contribution in [0.15, 0.2) is 12.4 Å². The standard InChI is InChI=1S/C13H22N4O/c18-13(9-11-3-1-5-14-10-11)17-6-2-4-12-15-7-8-16-12/h7-8,11,14H,1-6,9-10H2,(H,15,16)(H,17,18). The molecular weight excluding hydrogens is 228 g/mol. The van der Waals surface area contributed by atoms with Gasteiger partial charge in [-0.1, -0.05) is 0 Å². The number of hydrogen-bond acceptors (Lipinski definition) is 3. The second kappa shape index (κ2) is 7.16. The molecule has 1 unspecified atom stereocenters. The quantitative estimate of drug-likeness (QED) is 0.656. The Morgan fingerprint density at radius 2 is 2.50 bits per heavy atom. The molecule has 1 aromatic rings. The van der Waals surface area contributed by atoms with E-state index in [1.807, 2.05) is 6.20 Å². The fraction of sp³-hybridized carbons (Fsp3) is 0.692. The van der Waals surface area contributed by atoms with E-state index in [0.29, 0.717) is 12.3 Å². The first-order valence-corrected chi connectivity index (χ1v) is 6.80. The third-order valence-electron chi connectivity index (χ3n) is 3.34. The molecule has 1 aromatic heterocycles. The topological polar surface area (TPSA) is 69.8 Å². The van der Waals surface area contributed by atoms with Gasteiger partial charge in [-0.3, -0.25) is 4.79 Å². The van der Waals surface area contributed by atoms with E-state index >= 15 is 0 Å². The third-order valence-corrected chi connectivity index (χ3v) is 3.34. The van der Waals surface area contributed by atoms with Crippen LogP contribution in [-0.4, -0.2) is 35.5 Å². The van der Waals surface area contributed by atoms with Crippen molar-refractivity contribution in [3.05, 3.63) is 18.2 Å². The number of aromatic nitrogens is 2. The first-order valence-electron chi connectivity index (χ1n) is 6.80. The van der Waals surface area contributed by atoms with Gasteiger partial charge in [-0.05, 0) is 38.3 Å². The number of nitrogens with one attached hydrogen (secondary N) is 3. The molecule has 18 heavy (non-hydrogen) atoms. The number of rotatable bonds is 6. The molecular formula is C13H22N4O. The molecule has 0 aliphatic carbocycles. The molecule has 1 atom stereocenters. The average molecular weight is 250 g/mol. The second-order valence-corrected chi connectivity index (χ2v) is 4.91. The van der Waals surface area contributed by atoms with Crippen LogP contribution in [0.1, 0.15) is 31.5 Å². The molecule has 1 saturated heterocycles. The lowest BCUT2D eigenvalue weighted by Gasteiger charge is -2.22. The van der Waals surface area contributed by atoms with Crippen LogP contribution in [0.2, 0.25) is 0 Å². The number of hydrogen-bond donors (Lipinski definition) is 3. The van der Waals surface area contributed by atoms with Gasteiger partial charge < -0.3 is 15.6 Å². The molecule has 0 saturated carbocycles. The maximum atomic E-state index is 11.7. The highest BCUT2D eigenvalue weighted by molar-refractivity contribution is 5.76. The van der Waals surface area contributed by atoms with Crippen LogP contribution in [0.5, 0.6) is 0 Å². The summed E-state index contributed by atoms with van der Waals surface area (Å²) in [5, 5.41) is 6.32. The molecule has 1 amide bonds. The fourth-order valence-corrected chi connectivity index (χ4v) is 2.35. The van der Waals surface area contributed by atoms with Crippen molar-refractivity contribution in [2.45, 2.75) is 32.1 Å². The van der Waals surface area contributed by atoms with Crippen LogP contribution in [0.3, 0.4) is 0 Å². The summed E-state index contributed by atoms with van der Waals surface area (Å²) in [4.78, 5) is 18.9. The Balaban J connectivity index is 1.54. The van der Waals surface area contributed by atoms with Crippen LogP contribution in [0, 0.1) is 5.92 Å². The van der Waals surface area contributed by atoms with Crippen molar-refractivity contribution in [3.8, 4) is 0 Å². The number of nitrogens with zero attached hydrogens (tertiary/aromatic N) is 1. The number of carbonyl (C=O) groups excluding carboxylic acids is 1. The molecule has 2 heterocycles. The van der Waals surface area contributed by atoms with Crippen molar-refractivity contribution in [1.29, 1.82) is 0 Å². The number of H-pyrrole nitrogens is 1.